The molecule has 1 aromatic rings. The van der Waals surface area contributed by atoms with Crippen LogP contribution in [0.15, 0.2) is 35.9 Å². The lowest BCUT2D eigenvalue weighted by atomic mass is 9.36. The minimum absolute atomic E-state index is 0.105. The molecule has 0 amide bonds. The van der Waals surface area contributed by atoms with E-state index < -0.39 is 127 Å². The summed E-state index contributed by atoms with van der Waals surface area (Å²) in [5.41, 5.74) is -0.728. The number of carboxylic acid groups (broad SMARTS) is 1. The number of carboxylic acids is 1. The van der Waals surface area contributed by atoms with Crippen LogP contribution in [0, 0.1) is 56.2 Å². The van der Waals surface area contributed by atoms with Crippen molar-refractivity contribution >= 4 is 11.9 Å². The molecular formula is C54H78O19. The van der Waals surface area contributed by atoms with E-state index in [0.29, 0.717) is 30.6 Å². The zero-order valence-electron chi connectivity index (χ0n) is 42.9. The quantitative estimate of drug-likeness (QED) is 0.0874. The number of esters is 1. The van der Waals surface area contributed by atoms with Gasteiger partial charge < -0.3 is 83.9 Å². The standard InChI is InChI=1S/C54H78O19/c1-49(2)20-29-28-12-13-34-51(5)16-15-35(72-47-43(40(60)38(58)31(22-55)69-47)73-46-42(62)39(59)32(24-68-46)70-45-41(61)37(57)30(56)23-67-45)50(3,4)33(51)14-17-52(34,6)54(28)19-26(54)18-53(29,48(64)65)21-36(49)71-44(63)25-8-10-27(66-7)11-9-25/h8-12,26,29-43,45-47,55-62H,13-24H2,1-7H3,(H,64,65)/t26-,29+,30-,31-,32-,33+,34-,35+,36+,37+,38-,39+,40+,41-,42-,43-,45+,46+,47+,51+,52-,53-,54-/m1/s1. The Kier molecular flexibility index (Phi) is 13.9. The van der Waals surface area contributed by atoms with E-state index in [0.717, 1.165) is 32.1 Å². The molecule has 8 fully saturated rings. The third-order valence-corrected chi connectivity index (χ3v) is 20.6. The first-order valence-corrected chi connectivity index (χ1v) is 26.4. The summed E-state index contributed by atoms with van der Waals surface area (Å²) in [6.07, 6.45) is -11.9. The van der Waals surface area contributed by atoms with Crippen molar-refractivity contribution < 1.29 is 93.4 Å². The number of hydrogen-bond acceptors (Lipinski definition) is 18. The molecule has 19 heteroatoms. The topological polar surface area (TPSA) is 290 Å². The van der Waals surface area contributed by atoms with Gasteiger partial charge in [0.05, 0.1) is 44.0 Å². The van der Waals surface area contributed by atoms with Gasteiger partial charge in [0.15, 0.2) is 18.9 Å². The predicted octanol–water partition coefficient (Wildman–Crippen LogP) is 2.44. The van der Waals surface area contributed by atoms with Crippen LogP contribution in [0.25, 0.3) is 0 Å². The Labute approximate surface area is 426 Å². The number of hydrogen-bond donors (Lipinski definition) is 9. The molecule has 0 bridgehead atoms. The van der Waals surface area contributed by atoms with Crippen LogP contribution in [0.3, 0.4) is 0 Å². The van der Waals surface area contributed by atoms with Gasteiger partial charge in [-0.15, -0.1) is 0 Å². The zero-order valence-corrected chi connectivity index (χ0v) is 42.9. The van der Waals surface area contributed by atoms with E-state index in [1.54, 1.807) is 31.4 Å². The first-order valence-electron chi connectivity index (χ1n) is 26.4. The molecule has 3 saturated heterocycles. The van der Waals surface area contributed by atoms with Crippen LogP contribution in [0.1, 0.15) is 110 Å². The number of rotatable bonds is 11. The van der Waals surface area contributed by atoms with Crippen molar-refractivity contribution in [2.45, 2.75) is 191 Å². The van der Waals surface area contributed by atoms with Crippen LogP contribution < -0.4 is 4.74 Å². The Morgan fingerprint density at radius 3 is 2.08 bits per heavy atom. The molecule has 19 nitrogen and oxygen atoms in total. The van der Waals surface area contributed by atoms with E-state index >= 15 is 0 Å². The van der Waals surface area contributed by atoms with E-state index in [4.69, 9.17) is 37.9 Å². The highest BCUT2D eigenvalue weighted by Crippen LogP contribution is 2.85. The van der Waals surface area contributed by atoms with Crippen molar-refractivity contribution in [2.24, 2.45) is 56.2 Å². The highest BCUT2D eigenvalue weighted by Gasteiger charge is 2.79. The molecule has 3 aliphatic heterocycles. The number of methoxy groups -OCH3 is 1. The predicted molar refractivity (Wildman–Crippen MR) is 254 cm³/mol. The minimum Gasteiger partial charge on any atom is -0.497 e. The smallest absolute Gasteiger partial charge is 0.338 e. The lowest BCUT2D eigenvalue weighted by Crippen LogP contribution is -2.66. The molecule has 5 saturated carbocycles. The van der Waals surface area contributed by atoms with Crippen LogP contribution in [-0.4, -0.2) is 177 Å². The molecule has 1 aromatic carbocycles. The first kappa shape index (κ1) is 53.5. The number of carbonyl (C=O) groups excluding carboxylic acids is 1. The van der Waals surface area contributed by atoms with Crippen LogP contribution in [0.4, 0.5) is 0 Å². The number of allylic oxidation sites excluding steroid dienone is 2. The van der Waals surface area contributed by atoms with Crippen molar-refractivity contribution in [2.75, 3.05) is 26.9 Å². The lowest BCUT2D eigenvalue weighted by molar-refractivity contribution is -0.377. The van der Waals surface area contributed by atoms with E-state index in [1.807, 2.05) is 0 Å². The Morgan fingerprint density at radius 2 is 1.40 bits per heavy atom. The molecule has 73 heavy (non-hydrogen) atoms. The summed E-state index contributed by atoms with van der Waals surface area (Å²) in [7, 11) is 1.56. The largest absolute Gasteiger partial charge is 0.497 e. The van der Waals surface area contributed by atoms with E-state index in [9.17, 15) is 55.5 Å². The molecule has 9 aliphatic rings. The lowest BCUT2D eigenvalue weighted by Gasteiger charge is -2.69. The Bertz CT molecular complexity index is 2260. The third-order valence-electron chi connectivity index (χ3n) is 20.6. The third kappa shape index (κ3) is 8.36. The van der Waals surface area contributed by atoms with Gasteiger partial charge in [-0.25, -0.2) is 4.79 Å². The van der Waals surface area contributed by atoms with Gasteiger partial charge >= 0.3 is 11.9 Å². The number of aliphatic carboxylic acids is 1. The summed E-state index contributed by atoms with van der Waals surface area (Å²) >= 11 is 0. The average Bonchev–Trinajstić information content (AvgIpc) is 4.08. The Hall–Kier alpha value is -2.86. The second kappa shape index (κ2) is 19.0. The molecule has 408 valence electrons. The molecular weight excluding hydrogens is 953 g/mol. The maximum atomic E-state index is 13.8. The van der Waals surface area contributed by atoms with E-state index in [-0.39, 0.29) is 59.6 Å². The van der Waals surface area contributed by atoms with Gasteiger partial charge in [-0.05, 0) is 116 Å². The fourth-order valence-electron chi connectivity index (χ4n) is 16.5. The van der Waals surface area contributed by atoms with Crippen molar-refractivity contribution in [3.63, 3.8) is 0 Å². The molecule has 3 heterocycles. The van der Waals surface area contributed by atoms with E-state index in [2.05, 4.69) is 47.6 Å². The van der Waals surface area contributed by atoms with E-state index in [1.165, 1.54) is 5.57 Å². The van der Waals surface area contributed by atoms with Gasteiger partial charge in [-0.2, -0.15) is 0 Å². The summed E-state index contributed by atoms with van der Waals surface area (Å²) in [6, 6.07) is 6.76. The Morgan fingerprint density at radius 1 is 0.712 bits per heavy atom. The molecule has 6 aliphatic carbocycles. The fourth-order valence-corrected chi connectivity index (χ4v) is 16.5. The van der Waals surface area contributed by atoms with Crippen molar-refractivity contribution in [1.29, 1.82) is 0 Å². The van der Waals surface area contributed by atoms with Crippen LogP contribution >= 0.6 is 0 Å². The van der Waals surface area contributed by atoms with Crippen LogP contribution in [0.5, 0.6) is 5.75 Å². The van der Waals surface area contributed by atoms with Crippen LogP contribution in [-0.2, 0) is 38.0 Å². The summed E-state index contributed by atoms with van der Waals surface area (Å²) in [5, 5.41) is 96.8. The molecule has 1 spiro atoms. The van der Waals surface area contributed by atoms with Gasteiger partial charge in [-0.1, -0.05) is 53.2 Å². The highest BCUT2D eigenvalue weighted by molar-refractivity contribution is 5.89. The van der Waals surface area contributed by atoms with Gasteiger partial charge in [0.1, 0.15) is 72.9 Å². The molecule has 23 atom stereocenters. The average molecular weight is 1030 g/mol. The summed E-state index contributed by atoms with van der Waals surface area (Å²) in [5.74, 6) is -0.243. The van der Waals surface area contributed by atoms with Crippen molar-refractivity contribution in [3.8, 4) is 5.75 Å². The number of aliphatic hydroxyl groups is 8. The van der Waals surface area contributed by atoms with Crippen molar-refractivity contribution in [3.05, 3.63) is 41.5 Å². The summed E-state index contributed by atoms with van der Waals surface area (Å²) in [6.45, 7) is 12.1. The molecule has 0 aromatic heterocycles. The summed E-state index contributed by atoms with van der Waals surface area (Å²) in [4.78, 5) is 27.4. The summed E-state index contributed by atoms with van der Waals surface area (Å²) < 4.78 is 47.5. The highest BCUT2D eigenvalue weighted by atomic mass is 16.8. The number of ether oxygens (including phenoxy) is 8. The van der Waals surface area contributed by atoms with Gasteiger partial charge in [-0.3, -0.25) is 4.79 Å². The number of aliphatic hydroxyl groups excluding tert-OH is 8. The van der Waals surface area contributed by atoms with Crippen molar-refractivity contribution in [1.82, 2.24) is 0 Å². The SMILES string of the molecule is COc1ccc(C(=O)O[C@H]2C[C@]3(C(=O)O)C[C@@H]4C[C@]45C(=CC[C@@H]4[C@@]6(C)CC[C@H](O[C@@H]7O[C@H](CO)[C@@H](O)[C@H](O)[C@H]7O[C@@H]7OC[C@@H](O[C@@H]8OC[C@@H](O)[C@H](O)[C@H]8O)[C@H](O)[C@H]7O)C(C)(C)[C@@H]6CC[C@]45C)[C@@H]3CC2(C)C)cc1. The molecule has 0 radical (unpaired) electrons. The molecule has 9 N–H and O–H groups in total. The second-order valence-corrected chi connectivity index (χ2v) is 25.0. The second-order valence-electron chi connectivity index (χ2n) is 25.0. The fraction of sp³-hybridized carbons (Fsp3) is 0.815. The maximum Gasteiger partial charge on any atom is 0.338 e. The normalized spacial score (nSPS) is 49.6. The number of fused-ring (bicyclic) bond motifs is 5. The Balaban J connectivity index is 0.851. The van der Waals surface area contributed by atoms with Gasteiger partial charge in [0.25, 0.3) is 0 Å². The number of carbonyl (C=O) groups is 2. The van der Waals surface area contributed by atoms with Crippen LogP contribution in [0.2, 0.25) is 0 Å². The number of benzene rings is 1. The molecule has 0 unspecified atom stereocenters. The van der Waals surface area contributed by atoms with Gasteiger partial charge in [0, 0.05) is 17.3 Å². The zero-order chi connectivity index (χ0) is 52.5. The van der Waals surface area contributed by atoms with Gasteiger partial charge in [0.2, 0.25) is 0 Å². The molecule has 10 rings (SSSR count). The minimum atomic E-state index is -1.78. The maximum absolute atomic E-state index is 13.8. The monoisotopic (exact) mass is 1030 g/mol. The first-order chi connectivity index (χ1) is 34.4.